The maximum absolute atomic E-state index is 13.4. The molecule has 0 aliphatic carbocycles. The van der Waals surface area contributed by atoms with E-state index < -0.39 is 17.3 Å². The molecule has 0 radical (unpaired) electrons. The first-order chi connectivity index (χ1) is 16.8. The molecule has 10 heteroatoms. The SMILES string of the molecule is N#Cc1ccc(N2CCC3(CC2)CN(C(=O)c2n[nH]c4ccccc24)CC3CO)cc1C(F)(F)F. The number of halogens is 3. The first-order valence-corrected chi connectivity index (χ1v) is 11.5. The summed E-state index contributed by atoms with van der Waals surface area (Å²) in [6.45, 7) is 1.79. The number of aliphatic hydroxyl groups is 1. The second-order valence-corrected chi connectivity index (χ2v) is 9.37. The maximum Gasteiger partial charge on any atom is 0.417 e. The van der Waals surface area contributed by atoms with Crippen LogP contribution in [0.1, 0.15) is 34.5 Å². The number of carbonyl (C=O) groups is 1. The van der Waals surface area contributed by atoms with Gasteiger partial charge < -0.3 is 14.9 Å². The average molecular weight is 483 g/mol. The lowest BCUT2D eigenvalue weighted by molar-refractivity contribution is -0.137. The first kappa shape index (κ1) is 23.2. The summed E-state index contributed by atoms with van der Waals surface area (Å²) >= 11 is 0. The van der Waals surface area contributed by atoms with Crippen molar-refractivity contribution < 1.29 is 23.1 Å². The molecule has 1 aromatic heterocycles. The Labute approximate surface area is 199 Å². The van der Waals surface area contributed by atoms with Crippen LogP contribution in [0.5, 0.6) is 0 Å². The van der Waals surface area contributed by atoms with Gasteiger partial charge in [-0.3, -0.25) is 9.89 Å². The number of rotatable bonds is 3. The van der Waals surface area contributed by atoms with Crippen molar-refractivity contribution in [1.29, 1.82) is 5.26 Å². The minimum Gasteiger partial charge on any atom is -0.396 e. The number of piperidine rings is 1. The van der Waals surface area contributed by atoms with Crippen LogP contribution in [0.25, 0.3) is 10.9 Å². The number of aliphatic hydroxyl groups excluding tert-OH is 1. The van der Waals surface area contributed by atoms with E-state index in [0.717, 1.165) is 17.0 Å². The number of benzene rings is 2. The van der Waals surface area contributed by atoms with E-state index >= 15 is 0 Å². The Bertz CT molecular complexity index is 1300. The molecule has 2 aliphatic rings. The molecule has 3 heterocycles. The van der Waals surface area contributed by atoms with Gasteiger partial charge in [-0.25, -0.2) is 0 Å². The molecule has 2 aromatic carbocycles. The van der Waals surface area contributed by atoms with Crippen molar-refractivity contribution in [2.24, 2.45) is 11.3 Å². The van der Waals surface area contributed by atoms with E-state index in [4.69, 9.17) is 5.26 Å². The highest BCUT2D eigenvalue weighted by molar-refractivity contribution is 6.04. The number of H-pyrrole nitrogens is 1. The van der Waals surface area contributed by atoms with E-state index in [1.807, 2.05) is 29.2 Å². The van der Waals surface area contributed by atoms with Crippen molar-refractivity contribution in [3.05, 3.63) is 59.3 Å². The van der Waals surface area contributed by atoms with Gasteiger partial charge in [0.05, 0.1) is 22.7 Å². The number of nitrogens with one attached hydrogen (secondary N) is 1. The number of hydrogen-bond donors (Lipinski definition) is 2. The Morgan fingerprint density at radius 1 is 1.23 bits per heavy atom. The molecule has 0 bridgehead atoms. The van der Waals surface area contributed by atoms with Gasteiger partial charge >= 0.3 is 6.18 Å². The highest BCUT2D eigenvalue weighted by atomic mass is 19.4. The van der Waals surface area contributed by atoms with Crippen LogP contribution >= 0.6 is 0 Å². The van der Waals surface area contributed by atoms with Crippen LogP contribution in [0.15, 0.2) is 42.5 Å². The van der Waals surface area contributed by atoms with Gasteiger partial charge in [-0.15, -0.1) is 0 Å². The standard InChI is InChI=1S/C25H24F3N5O2/c26-25(27,28)20-11-18(6-5-16(20)12-29)32-9-7-24(8-10-32)15-33(13-17(24)14-34)23(35)22-19-3-1-2-4-21(19)30-31-22/h1-6,11,17,34H,7-10,13-15H2,(H,30,31). The minimum absolute atomic E-state index is 0.0693. The fraction of sp³-hybridized carbons (Fsp3) is 0.400. The highest BCUT2D eigenvalue weighted by Gasteiger charge is 2.49. The van der Waals surface area contributed by atoms with Gasteiger partial charge in [0.15, 0.2) is 5.69 Å². The minimum atomic E-state index is -4.61. The van der Waals surface area contributed by atoms with Crippen LogP contribution in [0.4, 0.5) is 18.9 Å². The summed E-state index contributed by atoms with van der Waals surface area (Å²) in [7, 11) is 0. The van der Waals surface area contributed by atoms with E-state index in [0.29, 0.717) is 50.4 Å². The van der Waals surface area contributed by atoms with E-state index in [1.54, 1.807) is 17.0 Å². The van der Waals surface area contributed by atoms with E-state index in [9.17, 15) is 23.1 Å². The van der Waals surface area contributed by atoms with Gasteiger partial charge in [0, 0.05) is 49.8 Å². The van der Waals surface area contributed by atoms with Gasteiger partial charge in [0.25, 0.3) is 5.91 Å². The number of anilines is 1. The fourth-order valence-corrected chi connectivity index (χ4v) is 5.55. The third kappa shape index (κ3) is 4.00. The zero-order chi connectivity index (χ0) is 24.8. The third-order valence-electron chi connectivity index (χ3n) is 7.55. The first-order valence-electron chi connectivity index (χ1n) is 11.5. The molecule has 182 valence electrons. The number of carbonyl (C=O) groups excluding carboxylic acids is 1. The van der Waals surface area contributed by atoms with Crippen LogP contribution in [0, 0.1) is 22.7 Å². The fourth-order valence-electron chi connectivity index (χ4n) is 5.55. The zero-order valence-electron chi connectivity index (χ0n) is 18.8. The topological polar surface area (TPSA) is 96.3 Å². The number of alkyl halides is 3. The molecule has 3 aromatic rings. The van der Waals surface area contributed by atoms with Crippen molar-refractivity contribution in [3.63, 3.8) is 0 Å². The van der Waals surface area contributed by atoms with E-state index in [2.05, 4.69) is 10.2 Å². The second kappa shape index (κ2) is 8.57. The summed E-state index contributed by atoms with van der Waals surface area (Å²) in [6.07, 6.45) is -3.35. The van der Waals surface area contributed by atoms with Gasteiger partial charge in [-0.05, 0) is 42.5 Å². The molecule has 2 N–H and O–H groups in total. The van der Waals surface area contributed by atoms with Gasteiger partial charge in [-0.1, -0.05) is 18.2 Å². The Hall–Kier alpha value is -3.58. The molecule has 35 heavy (non-hydrogen) atoms. The van der Waals surface area contributed by atoms with Crippen molar-refractivity contribution >= 4 is 22.5 Å². The molecule has 1 spiro atoms. The van der Waals surface area contributed by atoms with E-state index in [1.165, 1.54) is 6.07 Å². The molecular formula is C25H24F3N5O2. The number of nitriles is 1. The second-order valence-electron chi connectivity index (χ2n) is 9.37. The zero-order valence-corrected chi connectivity index (χ0v) is 18.8. The number of aromatic nitrogens is 2. The van der Waals surface area contributed by atoms with Crippen LogP contribution in [-0.2, 0) is 6.18 Å². The van der Waals surface area contributed by atoms with Crippen LogP contribution in [-0.4, -0.2) is 58.9 Å². The number of para-hydroxylation sites is 1. The Morgan fingerprint density at radius 2 is 1.97 bits per heavy atom. The number of likely N-dealkylation sites (tertiary alicyclic amines) is 1. The van der Waals surface area contributed by atoms with Gasteiger partial charge in [0.2, 0.25) is 0 Å². The molecule has 1 amide bonds. The molecule has 2 saturated heterocycles. The molecule has 7 nitrogen and oxygen atoms in total. The van der Waals surface area contributed by atoms with Crippen molar-refractivity contribution in [2.75, 3.05) is 37.7 Å². The summed E-state index contributed by atoms with van der Waals surface area (Å²) < 4.78 is 40.2. The summed E-state index contributed by atoms with van der Waals surface area (Å²) in [5.74, 6) is -0.312. The Kier molecular flexibility index (Phi) is 5.68. The number of hydrogen-bond acceptors (Lipinski definition) is 5. The predicted molar refractivity (Wildman–Crippen MR) is 123 cm³/mol. The molecule has 1 atom stereocenters. The Balaban J connectivity index is 1.34. The smallest absolute Gasteiger partial charge is 0.396 e. The van der Waals surface area contributed by atoms with Crippen molar-refractivity contribution in [1.82, 2.24) is 15.1 Å². The highest BCUT2D eigenvalue weighted by Crippen LogP contribution is 2.46. The molecule has 5 rings (SSSR count). The molecular weight excluding hydrogens is 459 g/mol. The van der Waals surface area contributed by atoms with Crippen LogP contribution < -0.4 is 4.90 Å². The third-order valence-corrected chi connectivity index (χ3v) is 7.55. The van der Waals surface area contributed by atoms with Crippen LogP contribution in [0.3, 0.4) is 0 Å². The predicted octanol–water partition coefficient (Wildman–Crippen LogP) is 3.80. The summed E-state index contributed by atoms with van der Waals surface area (Å²) in [4.78, 5) is 16.9. The van der Waals surface area contributed by atoms with Crippen LogP contribution in [0.2, 0.25) is 0 Å². The normalized spacial score (nSPS) is 19.9. The number of amides is 1. The van der Waals surface area contributed by atoms with Crippen molar-refractivity contribution in [3.8, 4) is 6.07 Å². The summed E-state index contributed by atoms with van der Waals surface area (Å²) in [5.41, 5.74) is -0.102. The largest absolute Gasteiger partial charge is 0.417 e. The summed E-state index contributed by atoms with van der Waals surface area (Å²) in [6, 6.07) is 12.8. The average Bonchev–Trinajstić information content (AvgIpc) is 3.45. The number of fused-ring (bicyclic) bond motifs is 1. The quantitative estimate of drug-likeness (QED) is 0.591. The number of nitrogens with zero attached hydrogens (tertiary/aromatic N) is 4. The van der Waals surface area contributed by atoms with Gasteiger partial charge in [-0.2, -0.15) is 23.5 Å². The molecule has 1 unspecified atom stereocenters. The monoisotopic (exact) mass is 483 g/mol. The lowest BCUT2D eigenvalue weighted by Gasteiger charge is -2.43. The number of aromatic amines is 1. The summed E-state index contributed by atoms with van der Waals surface area (Å²) in [5, 5.41) is 27.0. The lowest BCUT2D eigenvalue weighted by atomic mass is 9.71. The molecule has 2 aliphatic heterocycles. The van der Waals surface area contributed by atoms with E-state index in [-0.39, 0.29) is 23.8 Å². The van der Waals surface area contributed by atoms with Gasteiger partial charge in [0.1, 0.15) is 0 Å². The molecule has 2 fully saturated rings. The van der Waals surface area contributed by atoms with Crippen molar-refractivity contribution in [2.45, 2.75) is 19.0 Å². The maximum atomic E-state index is 13.4. The molecule has 0 saturated carbocycles. The Morgan fingerprint density at radius 3 is 2.66 bits per heavy atom. The lowest BCUT2D eigenvalue weighted by Crippen LogP contribution is -2.45.